The van der Waals surface area contributed by atoms with Gasteiger partial charge in [0.1, 0.15) is 5.82 Å². The highest BCUT2D eigenvalue weighted by molar-refractivity contribution is 7.10. The van der Waals surface area contributed by atoms with Crippen molar-refractivity contribution in [2.45, 2.75) is 6.04 Å². The van der Waals surface area contributed by atoms with E-state index in [1.165, 1.54) is 6.07 Å². The first-order valence-electron chi connectivity index (χ1n) is 7.60. The minimum absolute atomic E-state index is 0.00957. The molecule has 0 fully saturated rings. The van der Waals surface area contributed by atoms with Gasteiger partial charge in [-0.15, -0.1) is 11.3 Å². The highest BCUT2D eigenvalue weighted by Gasteiger charge is 2.17. The number of nitrogens with one attached hydrogen (secondary N) is 2. The molecule has 0 bridgehead atoms. The normalized spacial score (nSPS) is 11.7. The Labute approximate surface area is 144 Å². The van der Waals surface area contributed by atoms with E-state index in [0.29, 0.717) is 5.69 Å². The van der Waals surface area contributed by atoms with E-state index in [4.69, 9.17) is 0 Å². The molecule has 0 aliphatic heterocycles. The SMILES string of the molecule is O=C(CNc1ccccc1F)N[C@@H](c1ccccc1)c1cccs1. The minimum Gasteiger partial charge on any atom is -0.374 e. The highest BCUT2D eigenvalue weighted by atomic mass is 32.1. The monoisotopic (exact) mass is 340 g/mol. The van der Waals surface area contributed by atoms with Crippen molar-refractivity contribution < 1.29 is 9.18 Å². The Bertz CT molecular complexity index is 790. The van der Waals surface area contributed by atoms with Crippen LogP contribution in [0.4, 0.5) is 10.1 Å². The molecule has 3 aromatic rings. The van der Waals surface area contributed by atoms with E-state index in [2.05, 4.69) is 10.6 Å². The third kappa shape index (κ3) is 4.00. The lowest BCUT2D eigenvalue weighted by molar-refractivity contribution is -0.119. The number of hydrogen-bond acceptors (Lipinski definition) is 3. The van der Waals surface area contributed by atoms with Crippen LogP contribution in [0.25, 0.3) is 0 Å². The van der Waals surface area contributed by atoms with Crippen molar-refractivity contribution in [3.05, 3.63) is 88.4 Å². The van der Waals surface area contributed by atoms with Gasteiger partial charge in [-0.05, 0) is 29.1 Å². The molecule has 5 heteroatoms. The van der Waals surface area contributed by atoms with Gasteiger partial charge >= 0.3 is 0 Å². The molecule has 0 saturated heterocycles. The molecule has 0 unspecified atom stereocenters. The first-order valence-corrected chi connectivity index (χ1v) is 8.48. The van der Waals surface area contributed by atoms with E-state index >= 15 is 0 Å². The standard InChI is InChI=1S/C19H17FN2OS/c20-15-9-4-5-10-16(15)21-13-18(23)22-19(17-11-6-12-24-17)14-7-2-1-3-8-14/h1-12,19,21H,13H2,(H,22,23)/t19-/m0/s1. The molecular weight excluding hydrogens is 323 g/mol. The van der Waals surface area contributed by atoms with Gasteiger partial charge in [-0.3, -0.25) is 4.79 Å². The summed E-state index contributed by atoms with van der Waals surface area (Å²) < 4.78 is 13.6. The van der Waals surface area contributed by atoms with E-state index in [-0.39, 0.29) is 24.3 Å². The second kappa shape index (κ2) is 7.75. The molecule has 24 heavy (non-hydrogen) atoms. The van der Waals surface area contributed by atoms with Crippen molar-refractivity contribution in [1.29, 1.82) is 0 Å². The zero-order chi connectivity index (χ0) is 16.8. The number of para-hydroxylation sites is 1. The summed E-state index contributed by atoms with van der Waals surface area (Å²) in [7, 11) is 0. The molecule has 0 aliphatic rings. The number of carbonyl (C=O) groups excluding carboxylic acids is 1. The van der Waals surface area contributed by atoms with Crippen LogP contribution >= 0.6 is 11.3 Å². The summed E-state index contributed by atoms with van der Waals surface area (Å²) in [6.45, 7) is 0.00957. The smallest absolute Gasteiger partial charge is 0.240 e. The fraction of sp³-hybridized carbons (Fsp3) is 0.105. The maximum atomic E-state index is 13.6. The second-order valence-corrected chi connectivity index (χ2v) is 6.24. The lowest BCUT2D eigenvalue weighted by Crippen LogP contribution is -2.33. The Morgan fingerprint density at radius 1 is 1.00 bits per heavy atom. The molecule has 0 aliphatic carbocycles. The van der Waals surface area contributed by atoms with E-state index in [1.807, 2.05) is 47.8 Å². The third-order valence-electron chi connectivity index (χ3n) is 3.58. The number of hydrogen-bond donors (Lipinski definition) is 2. The van der Waals surface area contributed by atoms with Crippen LogP contribution in [0.15, 0.2) is 72.1 Å². The van der Waals surface area contributed by atoms with Gasteiger partial charge in [0.15, 0.2) is 0 Å². The summed E-state index contributed by atoms with van der Waals surface area (Å²) in [5.41, 5.74) is 1.33. The van der Waals surface area contributed by atoms with E-state index in [0.717, 1.165) is 10.4 Å². The molecule has 1 heterocycles. The number of anilines is 1. The molecule has 3 rings (SSSR count). The third-order valence-corrected chi connectivity index (χ3v) is 4.52. The average molecular weight is 340 g/mol. The molecule has 3 nitrogen and oxygen atoms in total. The summed E-state index contributed by atoms with van der Waals surface area (Å²) >= 11 is 1.59. The Morgan fingerprint density at radius 3 is 2.46 bits per heavy atom. The Kier molecular flexibility index (Phi) is 5.23. The highest BCUT2D eigenvalue weighted by Crippen LogP contribution is 2.25. The van der Waals surface area contributed by atoms with Gasteiger partial charge in [0.05, 0.1) is 18.3 Å². The fourth-order valence-electron chi connectivity index (χ4n) is 2.41. The summed E-state index contributed by atoms with van der Waals surface area (Å²) in [5.74, 6) is -0.566. The van der Waals surface area contributed by atoms with Crippen molar-refractivity contribution in [1.82, 2.24) is 5.32 Å². The predicted molar refractivity (Wildman–Crippen MR) is 95.6 cm³/mol. The van der Waals surface area contributed by atoms with Crippen molar-refractivity contribution >= 4 is 22.9 Å². The topological polar surface area (TPSA) is 41.1 Å². The molecule has 2 aromatic carbocycles. The number of carbonyl (C=O) groups is 1. The van der Waals surface area contributed by atoms with Crippen LogP contribution in [0.2, 0.25) is 0 Å². The zero-order valence-electron chi connectivity index (χ0n) is 12.9. The van der Waals surface area contributed by atoms with E-state index in [1.54, 1.807) is 29.5 Å². The summed E-state index contributed by atoms with van der Waals surface area (Å²) in [5, 5.41) is 7.82. The van der Waals surface area contributed by atoms with E-state index in [9.17, 15) is 9.18 Å². The van der Waals surface area contributed by atoms with Gasteiger partial charge in [-0.2, -0.15) is 0 Å². The summed E-state index contributed by atoms with van der Waals surface area (Å²) in [4.78, 5) is 13.4. The largest absolute Gasteiger partial charge is 0.374 e. The van der Waals surface area contributed by atoms with Crippen LogP contribution in [0.5, 0.6) is 0 Å². The van der Waals surface area contributed by atoms with Crippen LogP contribution in [0.3, 0.4) is 0 Å². The fourth-order valence-corrected chi connectivity index (χ4v) is 3.21. The van der Waals surface area contributed by atoms with Gasteiger partial charge in [-0.25, -0.2) is 4.39 Å². The lowest BCUT2D eigenvalue weighted by Gasteiger charge is -2.18. The summed E-state index contributed by atoms with van der Waals surface area (Å²) in [6.07, 6.45) is 0. The van der Waals surface area contributed by atoms with Gasteiger partial charge < -0.3 is 10.6 Å². The minimum atomic E-state index is -0.372. The van der Waals surface area contributed by atoms with Gasteiger partial charge in [-0.1, -0.05) is 48.5 Å². The molecule has 0 spiro atoms. The maximum absolute atomic E-state index is 13.6. The van der Waals surface area contributed by atoms with Gasteiger partial charge in [0, 0.05) is 4.88 Å². The number of thiophene rings is 1. The first kappa shape index (κ1) is 16.2. The van der Waals surface area contributed by atoms with E-state index < -0.39 is 0 Å². The number of benzene rings is 2. The van der Waals surface area contributed by atoms with Crippen LogP contribution < -0.4 is 10.6 Å². The number of halogens is 1. The quantitative estimate of drug-likeness (QED) is 0.706. The zero-order valence-corrected chi connectivity index (χ0v) is 13.7. The molecule has 1 aromatic heterocycles. The van der Waals surface area contributed by atoms with Crippen molar-refractivity contribution in [3.63, 3.8) is 0 Å². The van der Waals surface area contributed by atoms with Gasteiger partial charge in [0.2, 0.25) is 5.91 Å². The van der Waals surface area contributed by atoms with Crippen molar-refractivity contribution in [3.8, 4) is 0 Å². The van der Waals surface area contributed by atoms with Crippen LogP contribution in [-0.4, -0.2) is 12.5 Å². The van der Waals surface area contributed by atoms with Crippen molar-refractivity contribution in [2.24, 2.45) is 0 Å². The van der Waals surface area contributed by atoms with Gasteiger partial charge in [0.25, 0.3) is 0 Å². The molecule has 2 N–H and O–H groups in total. The average Bonchev–Trinajstić information content (AvgIpc) is 3.14. The van der Waals surface area contributed by atoms with Crippen LogP contribution in [0.1, 0.15) is 16.5 Å². The maximum Gasteiger partial charge on any atom is 0.240 e. The number of amides is 1. The Balaban J connectivity index is 1.69. The first-order chi connectivity index (χ1) is 11.7. The molecular formula is C19H17FN2OS. The second-order valence-electron chi connectivity index (χ2n) is 5.26. The molecule has 1 atom stereocenters. The Hall–Kier alpha value is -2.66. The van der Waals surface area contributed by atoms with Crippen molar-refractivity contribution in [2.75, 3.05) is 11.9 Å². The number of rotatable bonds is 6. The molecule has 1 amide bonds. The predicted octanol–water partition coefficient (Wildman–Crippen LogP) is 4.20. The van der Waals surface area contributed by atoms with Crippen LogP contribution in [-0.2, 0) is 4.79 Å². The molecule has 122 valence electrons. The van der Waals surface area contributed by atoms with Crippen LogP contribution in [0, 0.1) is 5.82 Å². The summed E-state index contributed by atoms with van der Waals surface area (Å²) in [6, 6.07) is 19.8. The Morgan fingerprint density at radius 2 is 1.75 bits per heavy atom. The molecule has 0 saturated carbocycles. The molecule has 0 radical (unpaired) electrons. The lowest BCUT2D eigenvalue weighted by atomic mass is 10.1.